The lowest BCUT2D eigenvalue weighted by Crippen LogP contribution is -2.29. The van der Waals surface area contributed by atoms with Gasteiger partial charge in [0.05, 0.1) is 5.75 Å². The topological polar surface area (TPSA) is 119 Å². The smallest absolute Gasteiger partial charge is 0.343 e. The molecule has 0 aliphatic carbocycles. The van der Waals surface area contributed by atoms with Gasteiger partial charge in [0.25, 0.3) is 0 Å². The number of nitrogens with one attached hydrogen (secondary N) is 2. The number of hydrazine groups is 1. The van der Waals surface area contributed by atoms with Crippen LogP contribution in [0.3, 0.4) is 0 Å². The monoisotopic (exact) mass is 269 g/mol. The number of nitrogens with zero attached hydrogens (tertiary/aromatic N) is 2. The largest absolute Gasteiger partial charge is 0.455 e. The van der Waals surface area contributed by atoms with E-state index in [4.69, 9.17) is 10.3 Å². The number of carbonyl (C=O) groups excluding carboxylic acids is 1. The second-order valence-electron chi connectivity index (χ2n) is 3.40. The van der Waals surface area contributed by atoms with Gasteiger partial charge in [0, 0.05) is 7.05 Å². The number of hydrogen-bond donors (Lipinski definition) is 3. The molecule has 0 saturated heterocycles. The van der Waals surface area contributed by atoms with E-state index >= 15 is 0 Å². The summed E-state index contributed by atoms with van der Waals surface area (Å²) in [6.45, 7) is 0. The molecule has 2 heterocycles. The SMILES string of the molecule is Cn1c(SCc2ccc(C(=O)NN)o2)n[nH]c1=O. The van der Waals surface area contributed by atoms with Gasteiger partial charge in [-0.1, -0.05) is 11.8 Å². The summed E-state index contributed by atoms with van der Waals surface area (Å²) in [7, 11) is 1.61. The minimum absolute atomic E-state index is 0.143. The number of furan rings is 1. The first-order valence-electron chi connectivity index (χ1n) is 4.95. The third kappa shape index (κ3) is 2.46. The summed E-state index contributed by atoms with van der Waals surface area (Å²) in [6.07, 6.45) is 0. The standard InChI is InChI=1S/C9H11N5O3S/c1-14-8(16)12-13-9(14)18-4-5-2-3-6(17-5)7(15)11-10/h2-3H,4,10H2,1H3,(H,11,15)(H,12,16). The lowest BCUT2D eigenvalue weighted by atomic mass is 10.4. The minimum Gasteiger partial charge on any atom is -0.455 e. The van der Waals surface area contributed by atoms with E-state index in [9.17, 15) is 9.59 Å². The zero-order valence-corrected chi connectivity index (χ0v) is 10.3. The van der Waals surface area contributed by atoms with Gasteiger partial charge in [0.2, 0.25) is 0 Å². The highest BCUT2D eigenvalue weighted by Gasteiger charge is 2.11. The average Bonchev–Trinajstić information content (AvgIpc) is 2.96. The van der Waals surface area contributed by atoms with Crippen LogP contribution < -0.4 is 17.0 Å². The van der Waals surface area contributed by atoms with E-state index in [-0.39, 0.29) is 11.4 Å². The number of amides is 1. The van der Waals surface area contributed by atoms with E-state index in [2.05, 4.69) is 10.2 Å². The van der Waals surface area contributed by atoms with Crippen LogP contribution in [-0.2, 0) is 12.8 Å². The van der Waals surface area contributed by atoms with Gasteiger partial charge in [-0.2, -0.15) is 0 Å². The van der Waals surface area contributed by atoms with Crippen LogP contribution in [-0.4, -0.2) is 20.7 Å². The van der Waals surface area contributed by atoms with Gasteiger partial charge < -0.3 is 4.42 Å². The Balaban J connectivity index is 2.02. The fourth-order valence-corrected chi connectivity index (χ4v) is 2.06. The lowest BCUT2D eigenvalue weighted by molar-refractivity contribution is 0.0924. The van der Waals surface area contributed by atoms with Gasteiger partial charge in [0.1, 0.15) is 5.76 Å². The van der Waals surface area contributed by atoms with E-state index in [1.807, 2.05) is 5.43 Å². The minimum atomic E-state index is -0.488. The number of carbonyl (C=O) groups is 1. The van der Waals surface area contributed by atoms with Crippen molar-refractivity contribution in [3.05, 3.63) is 34.1 Å². The highest BCUT2D eigenvalue weighted by Crippen LogP contribution is 2.20. The van der Waals surface area contributed by atoms with E-state index in [0.717, 1.165) is 0 Å². The third-order valence-electron chi connectivity index (χ3n) is 2.20. The van der Waals surface area contributed by atoms with Crippen molar-refractivity contribution in [1.29, 1.82) is 0 Å². The normalized spacial score (nSPS) is 10.6. The van der Waals surface area contributed by atoms with Gasteiger partial charge in [-0.25, -0.2) is 15.7 Å². The average molecular weight is 269 g/mol. The van der Waals surface area contributed by atoms with Crippen molar-refractivity contribution in [2.45, 2.75) is 10.9 Å². The first-order valence-corrected chi connectivity index (χ1v) is 5.94. The maximum Gasteiger partial charge on any atom is 0.343 e. The number of nitrogen functional groups attached to an aromatic ring is 1. The molecular formula is C9H11N5O3S. The van der Waals surface area contributed by atoms with Gasteiger partial charge in [-0.15, -0.1) is 5.10 Å². The molecule has 2 rings (SSSR count). The van der Waals surface area contributed by atoms with Crippen molar-refractivity contribution in [1.82, 2.24) is 20.2 Å². The van der Waals surface area contributed by atoms with Crippen molar-refractivity contribution in [3.8, 4) is 0 Å². The Hall–Kier alpha value is -2.00. The van der Waals surface area contributed by atoms with Crippen LogP contribution in [0, 0.1) is 0 Å². The number of thioether (sulfide) groups is 1. The molecule has 0 saturated carbocycles. The highest BCUT2D eigenvalue weighted by molar-refractivity contribution is 7.98. The van der Waals surface area contributed by atoms with Crippen LogP contribution in [0.25, 0.3) is 0 Å². The zero-order valence-electron chi connectivity index (χ0n) is 9.47. The molecule has 0 atom stereocenters. The first kappa shape index (κ1) is 12.5. The van der Waals surface area contributed by atoms with Gasteiger partial charge >= 0.3 is 11.6 Å². The molecule has 2 aromatic rings. The second kappa shape index (κ2) is 5.10. The molecule has 0 bridgehead atoms. The summed E-state index contributed by atoms with van der Waals surface area (Å²) < 4.78 is 6.66. The molecule has 0 aromatic carbocycles. The molecule has 2 aromatic heterocycles. The third-order valence-corrected chi connectivity index (χ3v) is 3.25. The Bertz CT molecular complexity index is 614. The van der Waals surface area contributed by atoms with Crippen LogP contribution in [0.5, 0.6) is 0 Å². The van der Waals surface area contributed by atoms with Crippen molar-refractivity contribution < 1.29 is 9.21 Å². The highest BCUT2D eigenvalue weighted by atomic mass is 32.2. The molecule has 1 amide bonds. The number of rotatable bonds is 4. The predicted octanol–water partition coefficient (Wildman–Crippen LogP) is -0.403. The van der Waals surface area contributed by atoms with Crippen molar-refractivity contribution in [2.24, 2.45) is 12.9 Å². The van der Waals surface area contributed by atoms with Crippen molar-refractivity contribution >= 4 is 17.7 Å². The Morgan fingerprint density at radius 2 is 2.44 bits per heavy atom. The fourth-order valence-electron chi connectivity index (χ4n) is 1.25. The van der Waals surface area contributed by atoms with E-state index in [1.165, 1.54) is 22.4 Å². The number of nitrogens with two attached hydrogens (primary N) is 1. The maximum atomic E-state index is 11.2. The van der Waals surface area contributed by atoms with E-state index in [1.54, 1.807) is 13.1 Å². The number of H-pyrrole nitrogens is 1. The Morgan fingerprint density at radius 3 is 3.06 bits per heavy atom. The number of hydrogen-bond acceptors (Lipinski definition) is 6. The van der Waals surface area contributed by atoms with Gasteiger partial charge in [-0.05, 0) is 12.1 Å². The number of aromatic nitrogens is 3. The first-order chi connectivity index (χ1) is 8.61. The summed E-state index contributed by atoms with van der Waals surface area (Å²) in [5.74, 6) is 5.69. The van der Waals surface area contributed by atoms with E-state index in [0.29, 0.717) is 16.7 Å². The summed E-state index contributed by atoms with van der Waals surface area (Å²) in [4.78, 5) is 22.3. The van der Waals surface area contributed by atoms with E-state index < -0.39 is 5.91 Å². The zero-order chi connectivity index (χ0) is 13.1. The van der Waals surface area contributed by atoms with Crippen LogP contribution in [0.1, 0.15) is 16.3 Å². The quantitative estimate of drug-likeness (QED) is 0.301. The number of aromatic amines is 1. The summed E-state index contributed by atoms with van der Waals surface area (Å²) in [5, 5.41) is 6.71. The van der Waals surface area contributed by atoms with Gasteiger partial charge in [-0.3, -0.25) is 14.8 Å². The van der Waals surface area contributed by atoms with Crippen molar-refractivity contribution in [2.75, 3.05) is 0 Å². The molecule has 0 unspecified atom stereocenters. The molecule has 9 heteroatoms. The molecule has 0 radical (unpaired) electrons. The predicted molar refractivity (Wildman–Crippen MR) is 63.8 cm³/mol. The molecular weight excluding hydrogens is 258 g/mol. The second-order valence-corrected chi connectivity index (χ2v) is 4.34. The molecule has 96 valence electrons. The molecule has 0 aliphatic rings. The van der Waals surface area contributed by atoms with Gasteiger partial charge in [0.15, 0.2) is 10.9 Å². The fraction of sp³-hybridized carbons (Fsp3) is 0.222. The maximum absolute atomic E-state index is 11.2. The van der Waals surface area contributed by atoms with Crippen LogP contribution in [0.2, 0.25) is 0 Å². The Labute approximate surface area is 106 Å². The summed E-state index contributed by atoms with van der Waals surface area (Å²) in [5.41, 5.74) is 1.70. The molecule has 0 aliphatic heterocycles. The summed E-state index contributed by atoms with van der Waals surface area (Å²) >= 11 is 1.32. The van der Waals surface area contributed by atoms with Crippen molar-refractivity contribution in [3.63, 3.8) is 0 Å². The van der Waals surface area contributed by atoms with Crippen LogP contribution in [0.15, 0.2) is 26.5 Å². The Kier molecular flexibility index (Phi) is 3.53. The van der Waals surface area contributed by atoms with Crippen LogP contribution >= 0.6 is 11.8 Å². The Morgan fingerprint density at radius 1 is 1.67 bits per heavy atom. The molecule has 4 N–H and O–H groups in total. The van der Waals surface area contributed by atoms with Crippen LogP contribution in [0.4, 0.5) is 0 Å². The molecule has 0 spiro atoms. The lowest BCUT2D eigenvalue weighted by Gasteiger charge is -1.97. The molecule has 8 nitrogen and oxygen atoms in total. The molecule has 0 fully saturated rings. The summed E-state index contributed by atoms with van der Waals surface area (Å²) in [6, 6.07) is 3.20. The molecule has 18 heavy (non-hydrogen) atoms.